The van der Waals surface area contributed by atoms with Crippen molar-refractivity contribution in [3.05, 3.63) is 21.8 Å². The van der Waals surface area contributed by atoms with Crippen LogP contribution in [0.15, 0.2) is 16.7 Å². The number of nitrogens with two attached hydrogens (primary N) is 1. The van der Waals surface area contributed by atoms with Gasteiger partial charge in [0.1, 0.15) is 5.82 Å². The largest absolute Gasteiger partial charge is 0.354 e. The number of hydrogen-bond acceptors (Lipinski definition) is 3. The topological polar surface area (TPSA) is 42.1 Å². The summed E-state index contributed by atoms with van der Waals surface area (Å²) in [4.78, 5) is 6.48. The highest BCUT2D eigenvalue weighted by Gasteiger charge is 2.19. The molecular formula is C10H13BrClN3. The SMILES string of the molecule is N[C@@H]1CCCN(c2ncc(Br)cc2Cl)C1. The molecule has 2 rings (SSSR count). The third-order valence-electron chi connectivity index (χ3n) is 2.55. The molecule has 0 aromatic carbocycles. The molecule has 1 aromatic rings. The lowest BCUT2D eigenvalue weighted by atomic mass is 10.1. The van der Waals surface area contributed by atoms with Crippen molar-refractivity contribution >= 4 is 33.3 Å². The molecule has 0 aliphatic carbocycles. The van der Waals surface area contributed by atoms with Gasteiger partial charge in [-0.2, -0.15) is 0 Å². The minimum atomic E-state index is 0.236. The normalized spacial score (nSPS) is 21.8. The van der Waals surface area contributed by atoms with E-state index in [4.69, 9.17) is 17.3 Å². The average Bonchev–Trinajstić information content (AvgIpc) is 2.17. The van der Waals surface area contributed by atoms with E-state index in [0.717, 1.165) is 36.2 Å². The van der Waals surface area contributed by atoms with Gasteiger partial charge in [-0.05, 0) is 34.8 Å². The highest BCUT2D eigenvalue weighted by atomic mass is 79.9. The molecule has 0 spiro atoms. The number of piperidine rings is 1. The maximum Gasteiger partial charge on any atom is 0.147 e. The summed E-state index contributed by atoms with van der Waals surface area (Å²) >= 11 is 9.48. The molecule has 3 nitrogen and oxygen atoms in total. The molecule has 0 saturated carbocycles. The Bertz CT molecular complexity index is 359. The smallest absolute Gasteiger partial charge is 0.147 e. The molecule has 1 aliphatic rings. The van der Waals surface area contributed by atoms with Crippen molar-refractivity contribution in [3.8, 4) is 0 Å². The van der Waals surface area contributed by atoms with E-state index in [9.17, 15) is 0 Å². The minimum Gasteiger partial charge on any atom is -0.354 e. The van der Waals surface area contributed by atoms with E-state index in [1.54, 1.807) is 6.20 Å². The van der Waals surface area contributed by atoms with Crippen molar-refractivity contribution in [2.24, 2.45) is 5.73 Å². The van der Waals surface area contributed by atoms with E-state index >= 15 is 0 Å². The number of aromatic nitrogens is 1. The van der Waals surface area contributed by atoms with Gasteiger partial charge in [0.25, 0.3) is 0 Å². The van der Waals surface area contributed by atoms with Crippen LogP contribution < -0.4 is 10.6 Å². The van der Waals surface area contributed by atoms with Gasteiger partial charge in [-0.1, -0.05) is 11.6 Å². The first-order valence-corrected chi connectivity index (χ1v) is 6.15. The van der Waals surface area contributed by atoms with Crippen LogP contribution in [0.2, 0.25) is 5.02 Å². The zero-order valence-corrected chi connectivity index (χ0v) is 10.6. The molecule has 1 saturated heterocycles. The number of anilines is 1. The van der Waals surface area contributed by atoms with Gasteiger partial charge in [0, 0.05) is 29.8 Å². The van der Waals surface area contributed by atoms with Crippen LogP contribution in [-0.4, -0.2) is 24.1 Å². The first kappa shape index (κ1) is 11.2. The highest BCUT2D eigenvalue weighted by Crippen LogP contribution is 2.27. The Balaban J connectivity index is 2.21. The van der Waals surface area contributed by atoms with Crippen molar-refractivity contribution in [2.75, 3.05) is 18.0 Å². The fourth-order valence-electron chi connectivity index (χ4n) is 1.84. The van der Waals surface area contributed by atoms with E-state index in [-0.39, 0.29) is 6.04 Å². The molecule has 0 bridgehead atoms. The summed E-state index contributed by atoms with van der Waals surface area (Å²) < 4.78 is 0.901. The molecular weight excluding hydrogens is 277 g/mol. The van der Waals surface area contributed by atoms with Crippen molar-refractivity contribution in [3.63, 3.8) is 0 Å². The van der Waals surface area contributed by atoms with Crippen LogP contribution in [0.5, 0.6) is 0 Å². The second-order valence-electron chi connectivity index (χ2n) is 3.81. The van der Waals surface area contributed by atoms with E-state index in [2.05, 4.69) is 25.8 Å². The molecule has 1 aromatic heterocycles. The lowest BCUT2D eigenvalue weighted by Gasteiger charge is -2.32. The summed E-state index contributed by atoms with van der Waals surface area (Å²) in [5, 5.41) is 0.679. The monoisotopic (exact) mass is 289 g/mol. The van der Waals surface area contributed by atoms with Gasteiger partial charge in [-0.3, -0.25) is 0 Å². The molecule has 0 amide bonds. The maximum absolute atomic E-state index is 6.14. The van der Waals surface area contributed by atoms with Gasteiger partial charge in [0.15, 0.2) is 0 Å². The van der Waals surface area contributed by atoms with Crippen molar-refractivity contribution < 1.29 is 0 Å². The summed E-state index contributed by atoms with van der Waals surface area (Å²) in [5.41, 5.74) is 5.92. The minimum absolute atomic E-state index is 0.236. The van der Waals surface area contributed by atoms with Crippen LogP contribution in [-0.2, 0) is 0 Å². The maximum atomic E-state index is 6.14. The molecule has 5 heteroatoms. The highest BCUT2D eigenvalue weighted by molar-refractivity contribution is 9.10. The number of nitrogens with zero attached hydrogens (tertiary/aromatic N) is 2. The van der Waals surface area contributed by atoms with Crippen molar-refractivity contribution in [1.82, 2.24) is 4.98 Å². The van der Waals surface area contributed by atoms with Crippen molar-refractivity contribution in [1.29, 1.82) is 0 Å². The zero-order chi connectivity index (χ0) is 10.8. The molecule has 15 heavy (non-hydrogen) atoms. The van der Waals surface area contributed by atoms with Gasteiger partial charge in [-0.15, -0.1) is 0 Å². The summed E-state index contributed by atoms with van der Waals surface area (Å²) in [6.07, 6.45) is 3.96. The van der Waals surface area contributed by atoms with Crippen LogP contribution in [0.1, 0.15) is 12.8 Å². The molecule has 1 aliphatic heterocycles. The quantitative estimate of drug-likeness (QED) is 0.864. The summed E-state index contributed by atoms with van der Waals surface area (Å²) in [6.45, 7) is 1.83. The van der Waals surface area contributed by atoms with E-state index in [1.807, 2.05) is 6.07 Å². The molecule has 2 N–H and O–H groups in total. The Morgan fingerprint density at radius 1 is 1.60 bits per heavy atom. The number of rotatable bonds is 1. The Hall–Kier alpha value is -0.320. The van der Waals surface area contributed by atoms with Gasteiger partial charge in [0.05, 0.1) is 5.02 Å². The second-order valence-corrected chi connectivity index (χ2v) is 5.13. The van der Waals surface area contributed by atoms with Crippen LogP contribution >= 0.6 is 27.5 Å². The van der Waals surface area contributed by atoms with Gasteiger partial charge in [0.2, 0.25) is 0 Å². The molecule has 0 unspecified atom stereocenters. The molecule has 0 radical (unpaired) electrons. The summed E-state index contributed by atoms with van der Waals surface area (Å²) in [7, 11) is 0. The van der Waals surface area contributed by atoms with Crippen LogP contribution in [0.4, 0.5) is 5.82 Å². The summed E-state index contributed by atoms with van der Waals surface area (Å²) in [6, 6.07) is 2.10. The predicted octanol–water partition coefficient (Wildman–Crippen LogP) is 2.43. The fraction of sp³-hybridized carbons (Fsp3) is 0.500. The second kappa shape index (κ2) is 4.68. The third kappa shape index (κ3) is 2.62. The average molecular weight is 291 g/mol. The Morgan fingerprint density at radius 3 is 3.07 bits per heavy atom. The molecule has 1 atom stereocenters. The van der Waals surface area contributed by atoms with Gasteiger partial charge in [-0.25, -0.2) is 4.98 Å². The molecule has 1 fully saturated rings. The predicted molar refractivity (Wildman–Crippen MR) is 66.4 cm³/mol. The van der Waals surface area contributed by atoms with E-state index in [0.29, 0.717) is 5.02 Å². The van der Waals surface area contributed by atoms with Crippen LogP contribution in [0.3, 0.4) is 0 Å². The van der Waals surface area contributed by atoms with Gasteiger partial charge < -0.3 is 10.6 Å². The number of hydrogen-bond donors (Lipinski definition) is 1. The fourth-order valence-corrected chi connectivity index (χ4v) is 2.59. The summed E-state index contributed by atoms with van der Waals surface area (Å²) in [5.74, 6) is 0.843. The van der Waals surface area contributed by atoms with Crippen LogP contribution in [0.25, 0.3) is 0 Å². The van der Waals surface area contributed by atoms with Crippen LogP contribution in [0, 0.1) is 0 Å². The molecule has 82 valence electrons. The number of pyridine rings is 1. The Kier molecular flexibility index (Phi) is 3.49. The van der Waals surface area contributed by atoms with E-state index < -0.39 is 0 Å². The van der Waals surface area contributed by atoms with E-state index in [1.165, 1.54) is 0 Å². The lowest BCUT2D eigenvalue weighted by Crippen LogP contribution is -2.43. The van der Waals surface area contributed by atoms with Gasteiger partial charge >= 0.3 is 0 Å². The third-order valence-corrected chi connectivity index (χ3v) is 3.26. The standard InChI is InChI=1S/C10H13BrClN3/c11-7-4-9(12)10(14-5-7)15-3-1-2-8(13)6-15/h4-5,8H,1-3,6,13H2/t8-/m1/s1. The Morgan fingerprint density at radius 2 is 2.40 bits per heavy atom. The zero-order valence-electron chi connectivity index (χ0n) is 8.29. The lowest BCUT2D eigenvalue weighted by molar-refractivity contribution is 0.503. The Labute approximate surface area is 103 Å². The number of halogens is 2. The molecule has 2 heterocycles. The first-order valence-electron chi connectivity index (χ1n) is 4.98. The van der Waals surface area contributed by atoms with Crippen molar-refractivity contribution in [2.45, 2.75) is 18.9 Å². The first-order chi connectivity index (χ1) is 7.16.